The Labute approximate surface area is 146 Å². The van der Waals surface area contributed by atoms with Crippen LogP contribution in [0.15, 0.2) is 53.7 Å². The summed E-state index contributed by atoms with van der Waals surface area (Å²) in [7, 11) is 3.03. The van der Waals surface area contributed by atoms with Crippen molar-refractivity contribution >= 4 is 33.4 Å². The highest BCUT2D eigenvalue weighted by Crippen LogP contribution is 2.32. The van der Waals surface area contributed by atoms with E-state index in [0.29, 0.717) is 0 Å². The molecule has 0 saturated heterocycles. The number of carbonyl (C=O) groups is 1. The molecule has 1 aromatic carbocycles. The number of hydrogen-bond acceptors (Lipinski definition) is 8. The van der Waals surface area contributed by atoms with Crippen LogP contribution in [0.4, 0.5) is 10.5 Å². The number of nitrogens with zero attached hydrogens (tertiary/aromatic N) is 2. The Balaban J connectivity index is 1.71. The average Bonchev–Trinajstić information content (AvgIpc) is 2.59. The highest BCUT2D eigenvalue weighted by atomic mass is 33.1. The monoisotopic (exact) mass is 366 g/mol. The predicted octanol–water partition coefficient (Wildman–Crippen LogP) is 4.33. The Hall–Kier alpha value is -2.26. The van der Waals surface area contributed by atoms with Gasteiger partial charge < -0.3 is 9.47 Å². The van der Waals surface area contributed by atoms with Crippen LogP contribution in [0.25, 0.3) is 0 Å². The highest BCUT2D eigenvalue weighted by Gasteiger charge is 2.12. The van der Waals surface area contributed by atoms with Crippen LogP contribution >= 0.6 is 21.6 Å². The summed E-state index contributed by atoms with van der Waals surface area (Å²) in [6.45, 7) is 2.09. The molecule has 0 bridgehead atoms. The third-order valence-electron chi connectivity index (χ3n) is 2.62. The van der Waals surface area contributed by atoms with E-state index >= 15 is 0 Å². The molecule has 9 heteroatoms. The lowest BCUT2D eigenvalue weighted by molar-refractivity contribution is -0.384. The number of aromatic nitrogens is 1. The van der Waals surface area contributed by atoms with Gasteiger partial charge in [-0.2, -0.15) is 0 Å². The van der Waals surface area contributed by atoms with Crippen molar-refractivity contribution in [2.45, 2.75) is 17.2 Å². The van der Waals surface area contributed by atoms with E-state index in [-0.39, 0.29) is 23.3 Å². The van der Waals surface area contributed by atoms with Crippen molar-refractivity contribution in [1.82, 2.24) is 4.98 Å². The minimum Gasteiger partial charge on any atom is -0.433 e. The topological polar surface area (TPSA) is 91.6 Å². The van der Waals surface area contributed by atoms with Crippen LogP contribution in [0.3, 0.4) is 0 Å². The molecule has 0 aliphatic carbocycles. The Kier molecular flexibility index (Phi) is 6.89. The molecule has 1 heterocycles. The van der Waals surface area contributed by atoms with Crippen LogP contribution in [0.5, 0.6) is 5.75 Å². The van der Waals surface area contributed by atoms with Gasteiger partial charge in [-0.15, -0.1) is 0 Å². The van der Waals surface area contributed by atoms with Crippen LogP contribution in [-0.4, -0.2) is 27.9 Å². The van der Waals surface area contributed by atoms with Crippen molar-refractivity contribution < 1.29 is 19.2 Å². The first kappa shape index (κ1) is 18.1. The predicted molar refractivity (Wildman–Crippen MR) is 92.2 cm³/mol. The molecule has 7 nitrogen and oxygen atoms in total. The van der Waals surface area contributed by atoms with E-state index < -0.39 is 11.1 Å². The Morgan fingerprint density at radius 1 is 1.29 bits per heavy atom. The number of ether oxygens (including phenoxy) is 2. The van der Waals surface area contributed by atoms with Crippen molar-refractivity contribution in [1.29, 1.82) is 0 Å². The van der Waals surface area contributed by atoms with Crippen molar-refractivity contribution in [3.63, 3.8) is 0 Å². The van der Waals surface area contributed by atoms with E-state index in [1.165, 1.54) is 45.9 Å². The van der Waals surface area contributed by atoms with Crippen LogP contribution in [0, 0.1) is 10.1 Å². The Morgan fingerprint density at radius 2 is 2.04 bits per heavy atom. The van der Waals surface area contributed by atoms with Gasteiger partial charge in [0.1, 0.15) is 17.4 Å². The minimum absolute atomic E-state index is 0.0430. The molecular weight excluding hydrogens is 352 g/mol. The molecule has 0 amide bonds. The Morgan fingerprint density at radius 3 is 2.67 bits per heavy atom. The number of rotatable bonds is 7. The van der Waals surface area contributed by atoms with Gasteiger partial charge in [-0.3, -0.25) is 10.1 Å². The fourth-order valence-corrected chi connectivity index (χ4v) is 3.38. The lowest BCUT2D eigenvalue weighted by atomic mass is 10.3. The molecule has 0 aliphatic heterocycles. The van der Waals surface area contributed by atoms with E-state index in [1.54, 1.807) is 6.20 Å². The Bertz CT molecular complexity index is 682. The van der Waals surface area contributed by atoms with Crippen LogP contribution in [0.1, 0.15) is 6.92 Å². The summed E-state index contributed by atoms with van der Waals surface area (Å²) >= 11 is 0. The van der Waals surface area contributed by atoms with E-state index in [9.17, 15) is 14.9 Å². The number of pyridine rings is 1. The maximum absolute atomic E-state index is 11.6. The van der Waals surface area contributed by atoms with Crippen molar-refractivity contribution in [3.8, 4) is 5.75 Å². The third kappa shape index (κ3) is 6.09. The molecule has 2 aromatic rings. The smallest absolute Gasteiger partial charge is 0.433 e. The molecular formula is C15H14N2O5S2. The van der Waals surface area contributed by atoms with Crippen LogP contribution < -0.4 is 4.74 Å². The van der Waals surface area contributed by atoms with Crippen molar-refractivity contribution in [3.05, 3.63) is 58.8 Å². The summed E-state index contributed by atoms with van der Waals surface area (Å²) in [5.41, 5.74) is -0.0766. The maximum atomic E-state index is 11.6. The van der Waals surface area contributed by atoms with E-state index in [2.05, 4.69) is 4.98 Å². The number of nitro groups is 1. The average molecular weight is 366 g/mol. The van der Waals surface area contributed by atoms with Crippen molar-refractivity contribution in [2.75, 3.05) is 6.61 Å². The van der Waals surface area contributed by atoms with Gasteiger partial charge in [-0.05, 0) is 42.0 Å². The van der Waals surface area contributed by atoms with Crippen LogP contribution in [-0.2, 0) is 4.74 Å². The molecule has 0 saturated carbocycles. The van der Waals surface area contributed by atoms with E-state index in [4.69, 9.17) is 9.47 Å². The zero-order chi connectivity index (χ0) is 17.4. The third-order valence-corrected chi connectivity index (χ3v) is 5.38. The second-order valence-corrected chi connectivity index (χ2v) is 7.23. The zero-order valence-electron chi connectivity index (χ0n) is 12.7. The second-order valence-electron chi connectivity index (χ2n) is 4.57. The summed E-state index contributed by atoms with van der Waals surface area (Å²) in [6, 6.07) is 10.8. The van der Waals surface area contributed by atoms with Gasteiger partial charge in [0, 0.05) is 23.6 Å². The number of nitro benzene ring substituents is 1. The number of benzene rings is 1. The van der Waals surface area contributed by atoms with Gasteiger partial charge in [-0.25, -0.2) is 9.78 Å². The van der Waals surface area contributed by atoms with E-state index in [0.717, 1.165) is 5.03 Å². The lowest BCUT2D eigenvalue weighted by Crippen LogP contribution is -2.16. The molecule has 2 rings (SSSR count). The summed E-state index contributed by atoms with van der Waals surface area (Å²) in [5, 5.41) is 11.5. The molecule has 0 spiro atoms. The van der Waals surface area contributed by atoms with Crippen molar-refractivity contribution in [2.24, 2.45) is 0 Å². The molecule has 24 heavy (non-hydrogen) atoms. The standard InChI is InChI=1S/C15H14N2O5S2/c1-11(23-24-14-4-2-3-9-16-14)10-21-15(18)22-13-7-5-12(6-8-13)17(19)20/h2-9,11H,10H2,1H3/t11-/m0/s1. The van der Waals surface area contributed by atoms with Gasteiger partial charge in [0.25, 0.3) is 5.69 Å². The summed E-state index contributed by atoms with van der Waals surface area (Å²) in [4.78, 5) is 25.8. The molecule has 0 aliphatic rings. The van der Waals surface area contributed by atoms with Gasteiger partial charge in [0.15, 0.2) is 0 Å². The summed E-state index contributed by atoms with van der Waals surface area (Å²) < 4.78 is 9.97. The van der Waals surface area contributed by atoms with Gasteiger partial charge in [0.05, 0.1) is 4.92 Å². The largest absolute Gasteiger partial charge is 0.513 e. The van der Waals surface area contributed by atoms with Gasteiger partial charge in [-0.1, -0.05) is 16.9 Å². The SMILES string of the molecule is C[C@@H](COC(=O)Oc1ccc([N+](=O)[O-])cc1)SSc1ccccn1. The molecule has 0 N–H and O–H groups in total. The fourth-order valence-electron chi connectivity index (χ4n) is 1.50. The van der Waals surface area contributed by atoms with Gasteiger partial charge in [0.2, 0.25) is 0 Å². The van der Waals surface area contributed by atoms with E-state index in [1.807, 2.05) is 25.1 Å². The molecule has 0 unspecified atom stereocenters. The summed E-state index contributed by atoms with van der Waals surface area (Å²) in [5.74, 6) is 0.189. The second kappa shape index (κ2) is 9.14. The highest BCUT2D eigenvalue weighted by molar-refractivity contribution is 8.76. The lowest BCUT2D eigenvalue weighted by Gasteiger charge is -2.10. The minimum atomic E-state index is -0.848. The first-order valence-corrected chi connectivity index (χ1v) is 9.09. The normalized spacial score (nSPS) is 11.5. The number of non-ortho nitro benzene ring substituents is 1. The molecule has 0 radical (unpaired) electrons. The number of hydrogen-bond donors (Lipinski definition) is 0. The fraction of sp³-hybridized carbons (Fsp3) is 0.200. The first-order valence-electron chi connectivity index (χ1n) is 6.88. The van der Waals surface area contributed by atoms with Gasteiger partial charge >= 0.3 is 6.16 Å². The zero-order valence-corrected chi connectivity index (χ0v) is 14.3. The van der Waals surface area contributed by atoms with Crippen LogP contribution in [0.2, 0.25) is 0 Å². The maximum Gasteiger partial charge on any atom is 0.513 e. The molecule has 1 aromatic heterocycles. The first-order chi connectivity index (χ1) is 11.5. The summed E-state index contributed by atoms with van der Waals surface area (Å²) in [6.07, 6.45) is 0.866. The molecule has 0 fully saturated rings. The molecule has 126 valence electrons. The number of carbonyl (C=O) groups excluding carboxylic acids is 1. The quantitative estimate of drug-likeness (QED) is 0.235. The molecule has 1 atom stereocenters.